The molecule has 3 aromatic heterocycles. The number of nitrogens with zero attached hydrogens (tertiary/aromatic N) is 1. The van der Waals surface area contributed by atoms with Gasteiger partial charge in [0.05, 0.1) is 6.54 Å². The first-order chi connectivity index (χ1) is 56.4. The molecule has 0 saturated heterocycles. The van der Waals surface area contributed by atoms with Crippen molar-refractivity contribution in [2.45, 2.75) is 50.9 Å². The fraction of sp³-hybridized carbons (Fsp3) is 0.0938. The Bertz CT molecular complexity index is 6280. The predicted molar refractivity (Wildman–Crippen MR) is 440 cm³/mol. The zero-order valence-electron chi connectivity index (χ0n) is 62.1. The van der Waals surface area contributed by atoms with E-state index in [9.17, 15) is 57.2 Å². The van der Waals surface area contributed by atoms with Gasteiger partial charge in [-0.2, -0.15) is 8.78 Å². The minimum absolute atomic E-state index is 0.00604. The van der Waals surface area contributed by atoms with Crippen LogP contribution in [0.2, 0.25) is 0 Å². The van der Waals surface area contributed by atoms with Crippen molar-refractivity contribution in [2.24, 2.45) is 4.99 Å². The van der Waals surface area contributed by atoms with E-state index in [1.807, 2.05) is 133 Å². The molecule has 0 bridgehead atoms. The summed E-state index contributed by atoms with van der Waals surface area (Å²) >= 11 is 0. The third-order valence-corrected chi connectivity index (χ3v) is 20.1. The first kappa shape index (κ1) is 76.6. The number of hydrogen-bond acceptors (Lipinski definition) is 9. The molecule has 1 aliphatic heterocycles. The molecule has 0 amide bonds. The number of ether oxygens (including phenoxy) is 4. The summed E-state index contributed by atoms with van der Waals surface area (Å²) in [5.74, 6) is -2.33. The van der Waals surface area contributed by atoms with Crippen LogP contribution in [0.25, 0.3) is 82.8 Å². The maximum absolute atomic E-state index is 13.9. The van der Waals surface area contributed by atoms with Crippen molar-refractivity contribution in [3.63, 3.8) is 0 Å². The molecule has 12 aromatic carbocycles. The highest BCUT2D eigenvalue weighted by Crippen LogP contribution is 2.48. The summed E-state index contributed by atoms with van der Waals surface area (Å²) in [6.07, 6.45) is 14.1. The number of hydrogen-bond donors (Lipinski definition) is 7. The van der Waals surface area contributed by atoms with E-state index in [0.29, 0.717) is 79.4 Å². The number of fused-ring (bicyclic) bond motifs is 2. The quantitative estimate of drug-likeness (QED) is 0.0332. The number of benzene rings is 12. The molecule has 15 aromatic rings. The molecule has 16 nitrogen and oxygen atoms in total. The first-order valence-corrected chi connectivity index (χ1v) is 37.4. The number of nitrogens with one attached hydrogen (secondary N) is 3. The van der Waals surface area contributed by atoms with Crippen LogP contribution < -0.4 is 18.9 Å². The molecule has 20 heteroatoms. The van der Waals surface area contributed by atoms with Gasteiger partial charge in [0.2, 0.25) is 5.97 Å². The van der Waals surface area contributed by atoms with Gasteiger partial charge >= 0.3 is 23.9 Å². The van der Waals surface area contributed by atoms with Gasteiger partial charge < -0.3 is 54.3 Å². The molecule has 0 spiro atoms. The fourth-order valence-electron chi connectivity index (χ4n) is 13.9. The zero-order chi connectivity index (χ0) is 80.5. The molecule has 3 aliphatic rings. The van der Waals surface area contributed by atoms with Crippen LogP contribution in [0, 0.1) is 17.6 Å². The number of allylic oxidation sites excluding steroid dienone is 1. The van der Waals surface area contributed by atoms with Crippen LogP contribution in [-0.4, -0.2) is 71.8 Å². The summed E-state index contributed by atoms with van der Waals surface area (Å²) in [6.45, 7) is 2.38. The molecular weight excluding hydrogens is 1480 g/mol. The standard InChI is InChI=1S/C26H22FNO3.C24H18FNO3.2C23H16FNO3/c1-2-15-3-7-20-18(9-15)10-19(12-21(20)16-4-5-16)31-25-8-6-17(11-22(25)26(29)30)23-13-28-14-24(23)27;25-22-13-26-12-21(22)16-7-8-23(20(10-16)24(27)28)29-17-9-15-3-1-2-4-18(15)19(11-17)14-5-6-14;24-22-19(11-12-25-22)17-9-10-21(20(14-17)23(26)27)28-18-8-4-7-16(13-18)15-5-2-1-3-6-15;24-22-19(12-13-25-22)17-8-11-21(20(14-17)23(26)27)28-18-9-6-16(7-10-18)15-4-2-1-3-5-15/h3,6-14,16,28H,2,4-5H2,1H3,(H,29,30);1-4,7-14,26H,5-6H2,(H,27,28);1-11,13-14H,12H2,(H,26,27);1-14,25H,(H,26,27). The van der Waals surface area contributed by atoms with Gasteiger partial charge in [-0.3, -0.25) is 4.99 Å². The van der Waals surface area contributed by atoms with Gasteiger partial charge in [-0.1, -0.05) is 165 Å². The van der Waals surface area contributed by atoms with Gasteiger partial charge in [0.1, 0.15) is 79.9 Å². The van der Waals surface area contributed by atoms with Crippen molar-refractivity contribution in [3.8, 4) is 102 Å². The minimum Gasteiger partial charge on any atom is -0.478 e. The average Bonchev–Trinajstić information content (AvgIpc) is 1.55. The summed E-state index contributed by atoms with van der Waals surface area (Å²) in [4.78, 5) is 58.7. The lowest BCUT2D eigenvalue weighted by atomic mass is 9.98. The molecule has 18 rings (SSSR count). The van der Waals surface area contributed by atoms with Crippen LogP contribution >= 0.6 is 0 Å². The molecule has 4 heterocycles. The van der Waals surface area contributed by atoms with E-state index in [1.165, 1.54) is 88.8 Å². The normalized spacial score (nSPS) is 12.7. The number of carboxylic acid groups (broad SMARTS) is 4. The molecule has 2 aliphatic carbocycles. The van der Waals surface area contributed by atoms with Crippen molar-refractivity contribution >= 4 is 57.0 Å². The van der Waals surface area contributed by atoms with Gasteiger partial charge in [-0.25, -0.2) is 28.0 Å². The number of aromatic carboxylic acids is 4. The van der Waals surface area contributed by atoms with E-state index in [1.54, 1.807) is 72.8 Å². The summed E-state index contributed by atoms with van der Waals surface area (Å²) in [7, 11) is 0. The van der Waals surface area contributed by atoms with Crippen molar-refractivity contribution in [1.82, 2.24) is 15.0 Å². The van der Waals surface area contributed by atoms with Crippen molar-refractivity contribution < 1.29 is 76.1 Å². The first-order valence-electron chi connectivity index (χ1n) is 37.4. The molecule has 0 radical (unpaired) electrons. The number of H-pyrrole nitrogens is 3. The lowest BCUT2D eigenvalue weighted by Crippen LogP contribution is -2.02. The Labute approximate surface area is 662 Å². The summed E-state index contributed by atoms with van der Waals surface area (Å²) in [5.41, 5.74) is 10.9. The predicted octanol–water partition coefficient (Wildman–Crippen LogP) is 24.8. The largest absolute Gasteiger partial charge is 0.478 e. The van der Waals surface area contributed by atoms with Crippen LogP contribution in [0.3, 0.4) is 0 Å². The second-order valence-corrected chi connectivity index (χ2v) is 27.8. The second kappa shape index (κ2) is 34.0. The van der Waals surface area contributed by atoms with Gasteiger partial charge in [-0.05, 0) is 230 Å². The van der Waals surface area contributed by atoms with Crippen molar-refractivity contribution in [1.29, 1.82) is 0 Å². The zero-order valence-corrected chi connectivity index (χ0v) is 62.1. The molecule has 2 fully saturated rings. The summed E-state index contributed by atoms with van der Waals surface area (Å²) in [6, 6.07) is 77.2. The van der Waals surface area contributed by atoms with Crippen LogP contribution in [0.1, 0.15) is 108 Å². The summed E-state index contributed by atoms with van der Waals surface area (Å²) < 4.78 is 79.1. The van der Waals surface area contributed by atoms with E-state index >= 15 is 0 Å². The van der Waals surface area contributed by atoms with Gasteiger partial charge in [0.15, 0.2) is 5.95 Å². The lowest BCUT2D eigenvalue weighted by molar-refractivity contribution is 0.0683. The smallest absolute Gasteiger partial charge is 0.339 e. The molecule has 2 saturated carbocycles. The highest BCUT2D eigenvalue weighted by Gasteiger charge is 2.29. The Morgan fingerprint density at radius 3 is 1.30 bits per heavy atom. The van der Waals surface area contributed by atoms with Gasteiger partial charge in [-0.15, -0.1) is 0 Å². The number of aromatic amines is 3. The molecule has 0 atom stereocenters. The van der Waals surface area contributed by atoms with Crippen molar-refractivity contribution in [3.05, 3.63) is 354 Å². The molecule has 116 heavy (non-hydrogen) atoms. The third-order valence-electron chi connectivity index (χ3n) is 20.1. The highest BCUT2D eigenvalue weighted by atomic mass is 19.1. The van der Waals surface area contributed by atoms with Crippen LogP contribution in [0.4, 0.5) is 17.6 Å². The molecular formula is C96H72F4N4O12. The van der Waals surface area contributed by atoms with E-state index < -0.39 is 47.4 Å². The SMILES string of the molecule is CCc1ccc2c(C3CC3)cc(Oc3ccc(-c4c[nH]cc4F)cc3C(=O)O)cc2c1.O=C(O)c1cc(-c2c[nH]cc2F)ccc1Oc1cc(C2CC2)c2ccccc2c1.O=C(O)c1cc(-c2cc[nH]c2F)ccc1Oc1ccc(-c2ccccc2)cc1.O=C(O)c1cc(C2=CCN=C2F)ccc1Oc1cccc(-c2ccccc2)c1. The van der Waals surface area contributed by atoms with Crippen LogP contribution in [-0.2, 0) is 6.42 Å². The monoisotopic (exact) mass is 1550 g/mol. The Morgan fingerprint density at radius 2 is 0.828 bits per heavy atom. The number of carbonyl (C=O) groups is 4. The number of carboxylic acids is 4. The fourth-order valence-corrected chi connectivity index (χ4v) is 13.9. The Kier molecular flexibility index (Phi) is 22.5. The van der Waals surface area contributed by atoms with E-state index in [0.717, 1.165) is 65.1 Å². The molecule has 576 valence electrons. The van der Waals surface area contributed by atoms with E-state index in [2.05, 4.69) is 51.1 Å². The lowest BCUT2D eigenvalue weighted by Gasteiger charge is -2.14. The van der Waals surface area contributed by atoms with Gasteiger partial charge in [0, 0.05) is 53.2 Å². The van der Waals surface area contributed by atoms with E-state index in [-0.39, 0.29) is 51.8 Å². The van der Waals surface area contributed by atoms with Crippen LogP contribution in [0.15, 0.2) is 297 Å². The third kappa shape index (κ3) is 17.6. The Hall–Kier alpha value is -14.8. The number of aromatic nitrogens is 3. The number of rotatable bonds is 21. The van der Waals surface area contributed by atoms with E-state index in [4.69, 9.17) is 18.9 Å². The maximum Gasteiger partial charge on any atom is 0.339 e. The Morgan fingerprint density at radius 1 is 0.388 bits per heavy atom. The topological polar surface area (TPSA) is 246 Å². The molecule has 0 unspecified atom stereocenters. The number of halogens is 4. The maximum atomic E-state index is 13.9. The number of aryl methyl sites for hydroxylation is 1. The Balaban J connectivity index is 0.000000122. The number of aliphatic imine (C=N–C) groups is 1. The van der Waals surface area contributed by atoms with Crippen molar-refractivity contribution in [2.75, 3.05) is 6.54 Å². The molecule has 7 N–H and O–H groups in total. The average molecular weight is 1550 g/mol. The highest BCUT2D eigenvalue weighted by molar-refractivity contribution is 6.21. The van der Waals surface area contributed by atoms with Crippen LogP contribution in [0.5, 0.6) is 46.0 Å². The summed E-state index contributed by atoms with van der Waals surface area (Å²) in [5, 5.41) is 43.2. The van der Waals surface area contributed by atoms with Gasteiger partial charge in [0.25, 0.3) is 0 Å². The minimum atomic E-state index is -1.15. The second-order valence-electron chi connectivity index (χ2n) is 27.8.